The molecule has 5 heteroatoms. The lowest BCUT2D eigenvalue weighted by Gasteiger charge is -2.41. The molecule has 2 aliphatic rings. The Bertz CT molecular complexity index is 1040. The SMILES string of the molecule is [B]c1cc([C@@H](C)OCC2(c3ccccc3)CCN(C)CC2)c2ncn(CC3CC3)c2c1. The summed E-state index contributed by atoms with van der Waals surface area (Å²) in [5.74, 6) is 0.797. The first-order chi connectivity index (χ1) is 15.0. The highest BCUT2D eigenvalue weighted by atomic mass is 16.5. The molecule has 1 aromatic heterocycles. The van der Waals surface area contributed by atoms with E-state index in [0.29, 0.717) is 6.61 Å². The van der Waals surface area contributed by atoms with E-state index in [-0.39, 0.29) is 11.5 Å². The number of piperidine rings is 1. The molecule has 0 amide bonds. The number of hydrogen-bond donors (Lipinski definition) is 0. The monoisotopic (exact) mass is 413 g/mol. The maximum absolute atomic E-state index is 6.60. The van der Waals surface area contributed by atoms with Crippen LogP contribution in [0.25, 0.3) is 11.0 Å². The van der Waals surface area contributed by atoms with E-state index in [9.17, 15) is 0 Å². The summed E-state index contributed by atoms with van der Waals surface area (Å²) in [6, 6.07) is 15.0. The quantitative estimate of drug-likeness (QED) is 0.549. The summed E-state index contributed by atoms with van der Waals surface area (Å²) >= 11 is 0. The normalized spacial score (nSPS) is 20.2. The number of ether oxygens (including phenoxy) is 1. The van der Waals surface area contributed by atoms with Crippen molar-refractivity contribution in [1.29, 1.82) is 0 Å². The summed E-state index contributed by atoms with van der Waals surface area (Å²) in [5, 5.41) is 0. The minimum absolute atomic E-state index is 0.0597. The molecule has 2 radical (unpaired) electrons. The Morgan fingerprint density at radius 2 is 1.90 bits per heavy atom. The molecule has 1 saturated carbocycles. The van der Waals surface area contributed by atoms with Crippen molar-refractivity contribution in [2.75, 3.05) is 26.7 Å². The summed E-state index contributed by atoms with van der Waals surface area (Å²) in [4.78, 5) is 7.18. The smallest absolute Gasteiger partial charge is 0.113 e. The van der Waals surface area contributed by atoms with Gasteiger partial charge in [-0.05, 0) is 70.3 Å². The first kappa shape index (κ1) is 20.8. The van der Waals surface area contributed by atoms with Gasteiger partial charge in [0.2, 0.25) is 0 Å². The van der Waals surface area contributed by atoms with Crippen molar-refractivity contribution in [3.63, 3.8) is 0 Å². The molecule has 1 aliphatic carbocycles. The van der Waals surface area contributed by atoms with E-state index in [1.54, 1.807) is 0 Å². The van der Waals surface area contributed by atoms with Gasteiger partial charge in [0.15, 0.2) is 0 Å². The number of aromatic nitrogens is 2. The second-order valence-corrected chi connectivity index (χ2v) is 9.72. The zero-order chi connectivity index (χ0) is 21.4. The summed E-state index contributed by atoms with van der Waals surface area (Å²) < 4.78 is 8.87. The predicted molar refractivity (Wildman–Crippen MR) is 127 cm³/mol. The topological polar surface area (TPSA) is 30.3 Å². The Labute approximate surface area is 187 Å². The van der Waals surface area contributed by atoms with E-state index in [4.69, 9.17) is 17.6 Å². The van der Waals surface area contributed by atoms with E-state index in [2.05, 4.69) is 59.8 Å². The van der Waals surface area contributed by atoms with Crippen LogP contribution in [0.15, 0.2) is 48.8 Å². The van der Waals surface area contributed by atoms with Gasteiger partial charge < -0.3 is 14.2 Å². The van der Waals surface area contributed by atoms with Crippen LogP contribution in [0, 0.1) is 5.92 Å². The molecule has 31 heavy (non-hydrogen) atoms. The minimum atomic E-state index is -0.0597. The maximum atomic E-state index is 6.60. The lowest BCUT2D eigenvalue weighted by molar-refractivity contribution is 0.00702. The highest BCUT2D eigenvalue weighted by Gasteiger charge is 2.36. The zero-order valence-corrected chi connectivity index (χ0v) is 18.8. The lowest BCUT2D eigenvalue weighted by Crippen LogP contribution is -2.44. The molecule has 2 aromatic carbocycles. The van der Waals surface area contributed by atoms with Crippen molar-refractivity contribution in [2.45, 2.75) is 50.7 Å². The average molecular weight is 413 g/mol. The van der Waals surface area contributed by atoms with Gasteiger partial charge >= 0.3 is 0 Å². The number of rotatable bonds is 7. The fourth-order valence-electron chi connectivity index (χ4n) is 4.98. The van der Waals surface area contributed by atoms with Gasteiger partial charge in [-0.3, -0.25) is 0 Å². The standard InChI is InChI=1S/C26H32BN3O/c1-19(23-14-22(27)15-24-25(23)28-18-30(24)16-20-8-9-20)31-17-26(10-12-29(2)13-11-26)21-6-4-3-5-7-21/h3-7,14-15,18-20H,8-13,16-17H2,1-2H3/t19-/m1/s1. The Morgan fingerprint density at radius 1 is 1.16 bits per heavy atom. The largest absolute Gasteiger partial charge is 0.373 e. The molecule has 2 fully saturated rings. The molecule has 0 spiro atoms. The van der Waals surface area contributed by atoms with E-state index in [1.165, 1.54) is 18.4 Å². The second-order valence-electron chi connectivity index (χ2n) is 9.72. The van der Waals surface area contributed by atoms with Crippen LogP contribution in [0.1, 0.15) is 49.8 Å². The van der Waals surface area contributed by atoms with Gasteiger partial charge in [0.05, 0.1) is 30.1 Å². The molecule has 1 atom stereocenters. The van der Waals surface area contributed by atoms with Gasteiger partial charge in [0.1, 0.15) is 7.85 Å². The Kier molecular flexibility index (Phi) is 5.66. The van der Waals surface area contributed by atoms with Crippen LogP contribution < -0.4 is 5.46 Å². The van der Waals surface area contributed by atoms with Crippen LogP contribution in [0.4, 0.5) is 0 Å². The average Bonchev–Trinajstić information content (AvgIpc) is 3.52. The van der Waals surface area contributed by atoms with Crippen molar-refractivity contribution < 1.29 is 4.74 Å². The molecule has 4 nitrogen and oxygen atoms in total. The van der Waals surface area contributed by atoms with Crippen LogP contribution in [-0.4, -0.2) is 49.0 Å². The molecule has 0 unspecified atom stereocenters. The second kappa shape index (κ2) is 8.44. The van der Waals surface area contributed by atoms with Crippen molar-refractivity contribution in [3.05, 3.63) is 59.9 Å². The molecule has 0 bridgehead atoms. The van der Waals surface area contributed by atoms with Crippen LogP contribution in [0.5, 0.6) is 0 Å². The van der Waals surface area contributed by atoms with Crippen molar-refractivity contribution in [1.82, 2.24) is 14.5 Å². The van der Waals surface area contributed by atoms with Gasteiger partial charge in [-0.25, -0.2) is 4.98 Å². The molecule has 1 aliphatic heterocycles. The number of fused-ring (bicyclic) bond motifs is 1. The van der Waals surface area contributed by atoms with Crippen molar-refractivity contribution in [3.8, 4) is 0 Å². The zero-order valence-electron chi connectivity index (χ0n) is 18.8. The Morgan fingerprint density at radius 3 is 2.61 bits per heavy atom. The van der Waals surface area contributed by atoms with E-state index in [1.807, 2.05) is 12.4 Å². The van der Waals surface area contributed by atoms with Crippen LogP contribution >= 0.6 is 0 Å². The number of imidazole rings is 1. The Balaban J connectivity index is 1.39. The van der Waals surface area contributed by atoms with Crippen molar-refractivity contribution in [2.24, 2.45) is 5.92 Å². The summed E-state index contributed by atoms with van der Waals surface area (Å²) in [7, 11) is 8.51. The van der Waals surface area contributed by atoms with E-state index >= 15 is 0 Å². The van der Waals surface area contributed by atoms with Gasteiger partial charge in [-0.1, -0.05) is 41.9 Å². The summed E-state index contributed by atoms with van der Waals surface area (Å²) in [6.45, 7) is 6.09. The molecular weight excluding hydrogens is 381 g/mol. The first-order valence-corrected chi connectivity index (χ1v) is 11.6. The van der Waals surface area contributed by atoms with Crippen LogP contribution in [0.2, 0.25) is 0 Å². The van der Waals surface area contributed by atoms with Gasteiger partial charge in [0, 0.05) is 17.5 Å². The van der Waals surface area contributed by atoms with Gasteiger partial charge in [-0.2, -0.15) is 0 Å². The molecular formula is C26H32BN3O. The third-order valence-corrected chi connectivity index (χ3v) is 7.31. The summed E-state index contributed by atoms with van der Waals surface area (Å²) in [6.07, 6.45) is 6.79. The van der Waals surface area contributed by atoms with Gasteiger partial charge in [0.25, 0.3) is 0 Å². The van der Waals surface area contributed by atoms with Crippen molar-refractivity contribution >= 4 is 24.3 Å². The molecule has 5 rings (SSSR count). The van der Waals surface area contributed by atoms with E-state index in [0.717, 1.165) is 60.5 Å². The fourth-order valence-corrected chi connectivity index (χ4v) is 4.98. The van der Waals surface area contributed by atoms with E-state index < -0.39 is 0 Å². The Hall–Kier alpha value is -2.11. The molecule has 1 saturated heterocycles. The molecule has 3 aromatic rings. The summed E-state index contributed by atoms with van der Waals surface area (Å²) in [5.41, 5.74) is 5.50. The number of hydrogen-bond acceptors (Lipinski definition) is 3. The lowest BCUT2D eigenvalue weighted by atomic mass is 9.73. The maximum Gasteiger partial charge on any atom is 0.113 e. The number of nitrogens with zero attached hydrogens (tertiary/aromatic N) is 3. The highest BCUT2D eigenvalue weighted by Crippen LogP contribution is 2.38. The minimum Gasteiger partial charge on any atom is -0.373 e. The highest BCUT2D eigenvalue weighted by molar-refractivity contribution is 6.33. The third-order valence-electron chi connectivity index (χ3n) is 7.31. The fraction of sp³-hybridized carbons (Fsp3) is 0.500. The van der Waals surface area contributed by atoms with Crippen LogP contribution in [0.3, 0.4) is 0 Å². The number of likely N-dealkylation sites (tertiary alicyclic amines) is 1. The molecule has 160 valence electrons. The third kappa shape index (κ3) is 4.31. The van der Waals surface area contributed by atoms with Crippen LogP contribution in [-0.2, 0) is 16.7 Å². The predicted octanol–water partition coefficient (Wildman–Crippen LogP) is 3.98. The number of benzene rings is 2. The molecule has 0 N–H and O–H groups in total. The van der Waals surface area contributed by atoms with Gasteiger partial charge in [-0.15, -0.1) is 0 Å². The molecule has 2 heterocycles. The first-order valence-electron chi connectivity index (χ1n) is 11.6.